The van der Waals surface area contributed by atoms with Gasteiger partial charge in [0.15, 0.2) is 0 Å². The van der Waals surface area contributed by atoms with Crippen LogP contribution in [0.3, 0.4) is 0 Å². The van der Waals surface area contributed by atoms with Crippen molar-refractivity contribution < 1.29 is 0 Å². The topological polar surface area (TPSA) is 12.0 Å². The third-order valence-electron chi connectivity index (χ3n) is 2.44. The van der Waals surface area contributed by atoms with Gasteiger partial charge in [0.25, 0.3) is 0 Å². The van der Waals surface area contributed by atoms with E-state index in [4.69, 9.17) is 0 Å². The lowest BCUT2D eigenvalue weighted by Gasteiger charge is -2.20. The number of nitrogens with one attached hydrogen (secondary N) is 1. The lowest BCUT2D eigenvalue weighted by atomic mass is 10.1. The van der Waals surface area contributed by atoms with Gasteiger partial charge in [0, 0.05) is 5.54 Å². The number of hydrogen-bond acceptors (Lipinski definition) is 1. The number of unbranched alkanes of at least 4 members (excludes halogenated alkanes) is 6. The van der Waals surface area contributed by atoms with Crippen molar-refractivity contribution in [1.29, 1.82) is 0 Å². The van der Waals surface area contributed by atoms with Crippen LogP contribution >= 0.6 is 0 Å². The molecule has 1 N–H and O–H groups in total. The summed E-state index contributed by atoms with van der Waals surface area (Å²) in [5.41, 5.74) is 0.294. The Labute approximate surface area is 90.7 Å². The molecule has 0 bridgehead atoms. The van der Waals surface area contributed by atoms with Crippen LogP contribution in [0.4, 0.5) is 0 Å². The van der Waals surface area contributed by atoms with Gasteiger partial charge >= 0.3 is 0 Å². The second kappa shape index (κ2) is 8.28. The maximum Gasteiger partial charge on any atom is 0.00965 e. The van der Waals surface area contributed by atoms with Gasteiger partial charge in [0.2, 0.25) is 0 Å². The van der Waals surface area contributed by atoms with Crippen LogP contribution in [-0.2, 0) is 0 Å². The number of rotatable bonds is 8. The first-order chi connectivity index (χ1) is 6.56. The predicted molar refractivity (Wildman–Crippen MR) is 65.7 cm³/mol. The van der Waals surface area contributed by atoms with Gasteiger partial charge in [-0.05, 0) is 33.7 Å². The Hall–Kier alpha value is -0.0400. The van der Waals surface area contributed by atoms with E-state index in [2.05, 4.69) is 33.0 Å². The van der Waals surface area contributed by atoms with Crippen LogP contribution in [0.1, 0.15) is 72.6 Å². The van der Waals surface area contributed by atoms with Crippen molar-refractivity contribution in [2.24, 2.45) is 0 Å². The molecular weight excluding hydrogens is 170 g/mol. The second-order valence-corrected chi connectivity index (χ2v) is 5.30. The summed E-state index contributed by atoms with van der Waals surface area (Å²) in [6.07, 6.45) is 9.79. The molecule has 0 amide bonds. The Bertz CT molecular complexity index is 113. The minimum atomic E-state index is 0.294. The van der Waals surface area contributed by atoms with Gasteiger partial charge in [-0.2, -0.15) is 0 Å². The van der Waals surface area contributed by atoms with Gasteiger partial charge in [-0.1, -0.05) is 45.4 Å². The number of hydrogen-bond donors (Lipinski definition) is 1. The molecule has 0 fully saturated rings. The van der Waals surface area contributed by atoms with E-state index in [0.29, 0.717) is 5.54 Å². The molecule has 1 nitrogen and oxygen atoms in total. The van der Waals surface area contributed by atoms with Crippen molar-refractivity contribution in [2.45, 2.75) is 78.2 Å². The van der Waals surface area contributed by atoms with Crippen LogP contribution in [-0.4, -0.2) is 12.1 Å². The summed E-state index contributed by atoms with van der Waals surface area (Å²) in [4.78, 5) is 0. The van der Waals surface area contributed by atoms with Crippen molar-refractivity contribution in [2.75, 3.05) is 6.54 Å². The van der Waals surface area contributed by atoms with Gasteiger partial charge < -0.3 is 5.32 Å². The summed E-state index contributed by atoms with van der Waals surface area (Å²) in [5.74, 6) is 0. The van der Waals surface area contributed by atoms with Crippen molar-refractivity contribution in [3.05, 3.63) is 0 Å². The first-order valence-electron chi connectivity index (χ1n) is 6.31. The molecule has 0 atom stereocenters. The highest BCUT2D eigenvalue weighted by Gasteiger charge is 2.06. The SMILES string of the molecule is CCCCCCCCCNC(C)(C)C. The smallest absolute Gasteiger partial charge is 0.00965 e. The van der Waals surface area contributed by atoms with Crippen LogP contribution in [0.5, 0.6) is 0 Å². The highest BCUT2D eigenvalue weighted by molar-refractivity contribution is 4.69. The zero-order chi connectivity index (χ0) is 10.9. The Balaban J connectivity index is 2.99. The summed E-state index contributed by atoms with van der Waals surface area (Å²) in [6.45, 7) is 10.1. The third kappa shape index (κ3) is 12.0. The first kappa shape index (κ1) is 14.0. The van der Waals surface area contributed by atoms with Gasteiger partial charge in [-0.15, -0.1) is 0 Å². The Morgan fingerprint density at radius 1 is 0.786 bits per heavy atom. The minimum Gasteiger partial charge on any atom is -0.312 e. The fourth-order valence-electron chi connectivity index (χ4n) is 1.55. The normalized spacial score (nSPS) is 12.0. The predicted octanol–water partition coefficient (Wildman–Crippen LogP) is 4.13. The average molecular weight is 199 g/mol. The van der Waals surface area contributed by atoms with Crippen LogP contribution in [0.2, 0.25) is 0 Å². The molecule has 0 rings (SSSR count). The molecule has 0 aromatic rings. The zero-order valence-electron chi connectivity index (χ0n) is 10.7. The Morgan fingerprint density at radius 3 is 1.79 bits per heavy atom. The summed E-state index contributed by atoms with van der Waals surface area (Å²) in [7, 11) is 0. The molecule has 1 heteroatoms. The van der Waals surface area contributed by atoms with E-state index < -0.39 is 0 Å². The van der Waals surface area contributed by atoms with Crippen LogP contribution < -0.4 is 5.32 Å². The molecule has 0 aliphatic rings. The molecule has 0 spiro atoms. The van der Waals surface area contributed by atoms with Gasteiger partial charge in [-0.25, -0.2) is 0 Å². The molecule has 0 heterocycles. The molecular formula is C13H29N. The summed E-state index contributed by atoms with van der Waals surface area (Å²) >= 11 is 0. The van der Waals surface area contributed by atoms with E-state index in [1.54, 1.807) is 0 Å². The van der Waals surface area contributed by atoms with E-state index in [9.17, 15) is 0 Å². The van der Waals surface area contributed by atoms with E-state index in [1.165, 1.54) is 51.5 Å². The molecule has 0 radical (unpaired) electrons. The van der Waals surface area contributed by atoms with Crippen molar-refractivity contribution in [1.82, 2.24) is 5.32 Å². The monoisotopic (exact) mass is 199 g/mol. The van der Waals surface area contributed by atoms with Crippen molar-refractivity contribution >= 4 is 0 Å². The molecule has 0 aliphatic carbocycles. The molecule has 0 aliphatic heterocycles. The Kier molecular flexibility index (Phi) is 8.26. The quantitative estimate of drug-likeness (QED) is 0.580. The van der Waals surface area contributed by atoms with Crippen molar-refractivity contribution in [3.63, 3.8) is 0 Å². The second-order valence-electron chi connectivity index (χ2n) is 5.30. The molecule has 14 heavy (non-hydrogen) atoms. The molecule has 0 aromatic carbocycles. The molecule has 0 unspecified atom stereocenters. The molecule has 0 saturated carbocycles. The van der Waals surface area contributed by atoms with Gasteiger partial charge in [0.05, 0.1) is 0 Å². The lowest BCUT2D eigenvalue weighted by molar-refractivity contribution is 0.415. The van der Waals surface area contributed by atoms with Crippen molar-refractivity contribution in [3.8, 4) is 0 Å². The fraction of sp³-hybridized carbons (Fsp3) is 1.00. The van der Waals surface area contributed by atoms with E-state index in [0.717, 1.165) is 0 Å². The first-order valence-corrected chi connectivity index (χ1v) is 6.31. The lowest BCUT2D eigenvalue weighted by Crippen LogP contribution is -2.36. The maximum absolute atomic E-state index is 3.52. The van der Waals surface area contributed by atoms with E-state index >= 15 is 0 Å². The minimum absolute atomic E-state index is 0.294. The highest BCUT2D eigenvalue weighted by Crippen LogP contribution is 2.07. The standard InChI is InChI=1S/C13H29N/c1-5-6-7-8-9-10-11-12-14-13(2,3)4/h14H,5-12H2,1-4H3. The molecule has 0 aromatic heterocycles. The van der Waals surface area contributed by atoms with Gasteiger partial charge in [-0.3, -0.25) is 0 Å². The third-order valence-corrected chi connectivity index (χ3v) is 2.44. The summed E-state index contributed by atoms with van der Waals surface area (Å²) < 4.78 is 0. The van der Waals surface area contributed by atoms with E-state index in [1.807, 2.05) is 0 Å². The average Bonchev–Trinajstić information content (AvgIpc) is 2.08. The summed E-state index contributed by atoms with van der Waals surface area (Å²) in [5, 5.41) is 3.52. The van der Waals surface area contributed by atoms with Gasteiger partial charge in [0.1, 0.15) is 0 Å². The maximum atomic E-state index is 3.52. The van der Waals surface area contributed by atoms with Crippen LogP contribution in [0.15, 0.2) is 0 Å². The largest absolute Gasteiger partial charge is 0.312 e. The van der Waals surface area contributed by atoms with Crippen LogP contribution in [0, 0.1) is 0 Å². The van der Waals surface area contributed by atoms with E-state index in [-0.39, 0.29) is 0 Å². The van der Waals surface area contributed by atoms with Crippen LogP contribution in [0.25, 0.3) is 0 Å². The molecule has 86 valence electrons. The zero-order valence-corrected chi connectivity index (χ0v) is 10.7. The Morgan fingerprint density at radius 2 is 1.29 bits per heavy atom. The highest BCUT2D eigenvalue weighted by atomic mass is 14.9. The fourth-order valence-corrected chi connectivity index (χ4v) is 1.55. The summed E-state index contributed by atoms with van der Waals surface area (Å²) in [6, 6.07) is 0. The molecule has 0 saturated heterocycles.